The third-order valence-electron chi connectivity index (χ3n) is 2.82. The van der Waals surface area contributed by atoms with Gasteiger partial charge in [0.15, 0.2) is 0 Å². The Bertz CT molecular complexity index is 456. The molecule has 3 rings (SSSR count). The van der Waals surface area contributed by atoms with Gasteiger partial charge >= 0.3 is 5.63 Å². The fourth-order valence-corrected chi connectivity index (χ4v) is 2.09. The summed E-state index contributed by atoms with van der Waals surface area (Å²) < 4.78 is 10.5. The average molecular weight is 190 g/mol. The van der Waals surface area contributed by atoms with Crippen LogP contribution in [0.15, 0.2) is 27.1 Å². The summed E-state index contributed by atoms with van der Waals surface area (Å²) in [6, 6.07) is 3.33. The van der Waals surface area contributed by atoms with Crippen LogP contribution in [0.3, 0.4) is 0 Å². The zero-order chi connectivity index (χ0) is 9.54. The van der Waals surface area contributed by atoms with Gasteiger partial charge in [-0.1, -0.05) is 0 Å². The van der Waals surface area contributed by atoms with E-state index in [1.54, 1.807) is 0 Å². The summed E-state index contributed by atoms with van der Waals surface area (Å²) in [7, 11) is 0. The van der Waals surface area contributed by atoms with Gasteiger partial charge in [-0.15, -0.1) is 0 Å². The number of rotatable bonds is 0. The highest BCUT2D eigenvalue weighted by Gasteiger charge is 2.28. The van der Waals surface area contributed by atoms with Crippen molar-refractivity contribution in [3.63, 3.8) is 0 Å². The Balaban J connectivity index is 2.14. The van der Waals surface area contributed by atoms with E-state index in [0.29, 0.717) is 11.7 Å². The summed E-state index contributed by atoms with van der Waals surface area (Å²) in [5.74, 6) is 2.15. The lowest BCUT2D eigenvalue weighted by Gasteiger charge is -2.16. The number of allylic oxidation sites excluding steroid dienone is 1. The summed E-state index contributed by atoms with van der Waals surface area (Å²) in [6.45, 7) is 0.786. The van der Waals surface area contributed by atoms with E-state index >= 15 is 0 Å². The van der Waals surface area contributed by atoms with Gasteiger partial charge in [0.25, 0.3) is 0 Å². The molecule has 2 heterocycles. The first kappa shape index (κ1) is 7.85. The molecule has 0 radical (unpaired) electrons. The van der Waals surface area contributed by atoms with E-state index in [0.717, 1.165) is 30.8 Å². The van der Waals surface area contributed by atoms with Gasteiger partial charge in [0.1, 0.15) is 11.5 Å². The minimum absolute atomic E-state index is 0.294. The summed E-state index contributed by atoms with van der Waals surface area (Å²) in [4.78, 5) is 11.0. The van der Waals surface area contributed by atoms with Crippen LogP contribution >= 0.6 is 0 Å². The molecule has 0 saturated carbocycles. The van der Waals surface area contributed by atoms with Crippen molar-refractivity contribution >= 4 is 6.08 Å². The molecule has 2 aliphatic rings. The molecule has 3 nitrogen and oxygen atoms in total. The first-order chi connectivity index (χ1) is 6.83. The topological polar surface area (TPSA) is 39.4 Å². The second-order valence-electron chi connectivity index (χ2n) is 3.73. The Hall–Kier alpha value is -1.51. The zero-order valence-electron chi connectivity index (χ0n) is 7.66. The lowest BCUT2D eigenvalue weighted by Crippen LogP contribution is -2.11. The van der Waals surface area contributed by atoms with E-state index in [-0.39, 0.29) is 5.63 Å². The minimum atomic E-state index is -0.294. The maximum absolute atomic E-state index is 11.0. The van der Waals surface area contributed by atoms with Crippen molar-refractivity contribution in [2.75, 3.05) is 6.61 Å². The monoisotopic (exact) mass is 190 g/mol. The SMILES string of the molecule is O=c1ccc2c(o1)C=C1OCCC1C2. The quantitative estimate of drug-likeness (QED) is 0.623. The molecule has 1 saturated heterocycles. The van der Waals surface area contributed by atoms with Gasteiger partial charge in [-0.3, -0.25) is 0 Å². The molecule has 1 aliphatic carbocycles. The summed E-state index contributed by atoms with van der Waals surface area (Å²) in [5.41, 5.74) is 0.820. The molecule has 1 aromatic heterocycles. The summed E-state index contributed by atoms with van der Waals surface area (Å²) in [6.07, 6.45) is 3.87. The van der Waals surface area contributed by atoms with Gasteiger partial charge in [0.05, 0.1) is 6.61 Å². The van der Waals surface area contributed by atoms with Crippen LogP contribution in [-0.4, -0.2) is 6.61 Å². The van der Waals surface area contributed by atoms with Crippen LogP contribution in [0, 0.1) is 5.92 Å². The van der Waals surface area contributed by atoms with Crippen molar-refractivity contribution in [1.82, 2.24) is 0 Å². The van der Waals surface area contributed by atoms with Crippen molar-refractivity contribution < 1.29 is 9.15 Å². The van der Waals surface area contributed by atoms with Crippen molar-refractivity contribution in [3.8, 4) is 0 Å². The third-order valence-corrected chi connectivity index (χ3v) is 2.82. The van der Waals surface area contributed by atoms with Crippen molar-refractivity contribution in [2.45, 2.75) is 12.8 Å². The van der Waals surface area contributed by atoms with E-state index in [1.807, 2.05) is 12.1 Å². The van der Waals surface area contributed by atoms with Gasteiger partial charge in [0, 0.05) is 18.1 Å². The maximum atomic E-state index is 11.0. The average Bonchev–Trinajstić information content (AvgIpc) is 2.61. The Labute approximate surface area is 81.0 Å². The van der Waals surface area contributed by atoms with E-state index in [4.69, 9.17) is 9.15 Å². The minimum Gasteiger partial charge on any atom is -0.497 e. The summed E-state index contributed by atoms with van der Waals surface area (Å²) >= 11 is 0. The fourth-order valence-electron chi connectivity index (χ4n) is 2.09. The van der Waals surface area contributed by atoms with Crippen molar-refractivity contribution in [1.29, 1.82) is 0 Å². The Morgan fingerprint density at radius 3 is 3.21 bits per heavy atom. The van der Waals surface area contributed by atoms with Crippen LogP contribution in [0.4, 0.5) is 0 Å². The van der Waals surface area contributed by atoms with Crippen LogP contribution in [0.5, 0.6) is 0 Å². The zero-order valence-corrected chi connectivity index (χ0v) is 7.66. The highest BCUT2D eigenvalue weighted by Crippen LogP contribution is 2.34. The number of fused-ring (bicyclic) bond motifs is 2. The van der Waals surface area contributed by atoms with Crippen LogP contribution in [0.25, 0.3) is 6.08 Å². The molecule has 0 spiro atoms. The molecule has 1 aliphatic heterocycles. The molecule has 1 atom stereocenters. The van der Waals surface area contributed by atoms with Gasteiger partial charge in [-0.05, 0) is 24.5 Å². The van der Waals surface area contributed by atoms with Gasteiger partial charge in [-0.2, -0.15) is 0 Å². The molecule has 1 unspecified atom stereocenters. The first-order valence-electron chi connectivity index (χ1n) is 4.80. The molecular weight excluding hydrogens is 180 g/mol. The summed E-state index contributed by atoms with van der Waals surface area (Å²) in [5, 5.41) is 0. The normalized spacial score (nSPS) is 23.4. The first-order valence-corrected chi connectivity index (χ1v) is 4.80. The largest absolute Gasteiger partial charge is 0.497 e. The highest BCUT2D eigenvalue weighted by molar-refractivity contribution is 5.53. The van der Waals surface area contributed by atoms with E-state index in [9.17, 15) is 4.79 Å². The van der Waals surface area contributed by atoms with Crippen molar-refractivity contribution in [2.24, 2.45) is 5.92 Å². The number of hydrogen-bond donors (Lipinski definition) is 0. The molecule has 0 bridgehead atoms. The third kappa shape index (κ3) is 1.09. The molecule has 0 N–H and O–H groups in total. The predicted molar refractivity (Wildman–Crippen MR) is 50.7 cm³/mol. The van der Waals surface area contributed by atoms with Crippen LogP contribution in [0.1, 0.15) is 17.7 Å². The van der Waals surface area contributed by atoms with Crippen LogP contribution in [-0.2, 0) is 11.2 Å². The Kier molecular flexibility index (Phi) is 1.54. The lowest BCUT2D eigenvalue weighted by molar-refractivity contribution is 0.260. The smallest absolute Gasteiger partial charge is 0.336 e. The number of hydrogen-bond acceptors (Lipinski definition) is 3. The highest BCUT2D eigenvalue weighted by atomic mass is 16.5. The molecule has 14 heavy (non-hydrogen) atoms. The van der Waals surface area contributed by atoms with E-state index in [2.05, 4.69) is 0 Å². The molecule has 0 aromatic carbocycles. The van der Waals surface area contributed by atoms with Crippen molar-refractivity contribution in [3.05, 3.63) is 39.6 Å². The molecule has 1 fully saturated rings. The molecule has 72 valence electrons. The van der Waals surface area contributed by atoms with E-state index < -0.39 is 0 Å². The maximum Gasteiger partial charge on any atom is 0.336 e. The van der Waals surface area contributed by atoms with E-state index in [1.165, 1.54) is 6.07 Å². The predicted octanol–water partition coefficient (Wildman–Crippen LogP) is 1.57. The standard InChI is InChI=1S/C11H10O3/c12-11-2-1-7-5-8-3-4-13-9(8)6-10(7)14-11/h1-2,6,8H,3-5H2. The second-order valence-corrected chi connectivity index (χ2v) is 3.73. The van der Waals surface area contributed by atoms with Crippen LogP contribution in [0.2, 0.25) is 0 Å². The Morgan fingerprint density at radius 2 is 2.29 bits per heavy atom. The van der Waals surface area contributed by atoms with Gasteiger partial charge in [-0.25, -0.2) is 4.79 Å². The van der Waals surface area contributed by atoms with Crippen LogP contribution < -0.4 is 5.63 Å². The Morgan fingerprint density at radius 1 is 1.36 bits per heavy atom. The molecule has 0 amide bonds. The van der Waals surface area contributed by atoms with Gasteiger partial charge < -0.3 is 9.15 Å². The van der Waals surface area contributed by atoms with Gasteiger partial charge in [0.2, 0.25) is 0 Å². The number of ether oxygens (including phenoxy) is 1. The lowest BCUT2D eigenvalue weighted by atomic mass is 9.91. The fraction of sp³-hybridized carbons (Fsp3) is 0.364. The second kappa shape index (κ2) is 2.74. The molecule has 1 aromatic rings. The molecular formula is C11H10O3. The molecule has 3 heteroatoms.